The second kappa shape index (κ2) is 77.8. The van der Waals surface area contributed by atoms with Gasteiger partial charge in [-0.15, -0.1) is 0 Å². The molecule has 5 atom stereocenters. The molecular weight excluding hydrogens is 1380 g/mol. The minimum Gasteiger partial charge on any atom is -0.462 e. The molecule has 0 rings (SSSR count). The molecular formula is C87H144O17P2. The van der Waals surface area contributed by atoms with Crippen molar-refractivity contribution in [1.29, 1.82) is 0 Å². The van der Waals surface area contributed by atoms with Gasteiger partial charge in [0.2, 0.25) is 0 Å². The van der Waals surface area contributed by atoms with Crippen molar-refractivity contribution in [3.8, 4) is 0 Å². The number of aliphatic hydroxyl groups excluding tert-OH is 1. The lowest BCUT2D eigenvalue weighted by Gasteiger charge is -2.21. The molecule has 0 heterocycles. The summed E-state index contributed by atoms with van der Waals surface area (Å²) in [5.74, 6) is -2.28. The van der Waals surface area contributed by atoms with E-state index in [0.29, 0.717) is 25.7 Å². The fourth-order valence-corrected chi connectivity index (χ4v) is 11.9. The first-order chi connectivity index (χ1) is 51.7. The molecule has 0 aliphatic carbocycles. The van der Waals surface area contributed by atoms with Gasteiger partial charge in [-0.1, -0.05) is 276 Å². The summed E-state index contributed by atoms with van der Waals surface area (Å²) in [4.78, 5) is 73.1. The molecule has 0 fully saturated rings. The van der Waals surface area contributed by atoms with Crippen molar-refractivity contribution in [1.82, 2.24) is 0 Å². The fourth-order valence-electron chi connectivity index (χ4n) is 10.4. The molecule has 19 heteroatoms. The van der Waals surface area contributed by atoms with Crippen LogP contribution < -0.4 is 0 Å². The summed E-state index contributed by atoms with van der Waals surface area (Å²) in [5, 5.41) is 10.7. The predicted molar refractivity (Wildman–Crippen MR) is 436 cm³/mol. The van der Waals surface area contributed by atoms with E-state index in [0.717, 1.165) is 193 Å². The number of carbonyl (C=O) groups is 4. The largest absolute Gasteiger partial charge is 0.472 e. The van der Waals surface area contributed by atoms with Gasteiger partial charge in [-0.2, -0.15) is 0 Å². The third-order valence-corrected chi connectivity index (χ3v) is 18.4. The van der Waals surface area contributed by atoms with Crippen LogP contribution >= 0.6 is 15.6 Å². The van der Waals surface area contributed by atoms with E-state index in [4.69, 9.17) is 37.0 Å². The standard InChI is InChI=1S/C87H144O17P2/c1-5-9-13-17-21-25-29-33-37-39-40-42-45-48-52-56-60-64-68-72-85(90)98-78-83(104-87(92)74-70-66-62-58-54-50-46-41-38-34-30-26-22-18-14-10-6-2)80-102-106(95,96)100-76-81(88)75-99-105(93,94)101-79-82(103-86(91)73-69-65-61-57-53-49-44-36-32-28-24-20-16-12-8-4)77-97-84(89)71-67-63-59-55-51-47-43-35-31-27-23-19-15-11-7-3/h9-11,13-15,21-23,25-27,33-38,40,42-44,46,50-51,55,81-83,88H,5-8,12,16-20,24,28-32,39,41,45,47-49,52-54,56-80H2,1-4H3,(H,93,94)(H,95,96)/b13-9-,14-10-,15-11-,25-21-,26-22-,27-23-,37-33-,38-34-,42-40-,43-35-,44-36-,50-46-,55-51-. The number of allylic oxidation sites excluding steroid dienone is 26. The molecule has 0 saturated heterocycles. The second-order valence-electron chi connectivity index (χ2n) is 26.6. The lowest BCUT2D eigenvalue weighted by atomic mass is 10.1. The summed E-state index contributed by atoms with van der Waals surface area (Å²) in [6.07, 6.45) is 90.7. The van der Waals surface area contributed by atoms with Crippen LogP contribution in [0.15, 0.2) is 158 Å². The Kier molecular flexibility index (Phi) is 73.9. The Hall–Kier alpha value is -5.32. The molecule has 0 aromatic carbocycles. The van der Waals surface area contributed by atoms with Crippen LogP contribution in [0, 0.1) is 0 Å². The topological polar surface area (TPSA) is 237 Å². The highest BCUT2D eigenvalue weighted by molar-refractivity contribution is 7.47. The van der Waals surface area contributed by atoms with E-state index in [1.807, 2.05) is 0 Å². The number of carbonyl (C=O) groups excluding carboxylic acids is 4. The Morgan fingerprint density at radius 2 is 0.491 bits per heavy atom. The minimum atomic E-state index is -5.00. The first kappa shape index (κ1) is 101. The first-order valence-electron chi connectivity index (χ1n) is 40.7. The summed E-state index contributed by atoms with van der Waals surface area (Å²) in [6, 6.07) is 0. The van der Waals surface area contributed by atoms with Gasteiger partial charge in [0.25, 0.3) is 0 Å². The molecule has 0 bridgehead atoms. The van der Waals surface area contributed by atoms with E-state index in [1.54, 1.807) is 0 Å². The van der Waals surface area contributed by atoms with Gasteiger partial charge in [-0.25, -0.2) is 9.13 Å². The summed E-state index contributed by atoms with van der Waals surface area (Å²) in [7, 11) is -10.00. The molecule has 0 aliphatic rings. The smallest absolute Gasteiger partial charge is 0.462 e. The molecule has 0 spiro atoms. The third-order valence-electron chi connectivity index (χ3n) is 16.5. The van der Waals surface area contributed by atoms with E-state index in [2.05, 4.69) is 186 Å². The molecule has 0 aliphatic heterocycles. The van der Waals surface area contributed by atoms with Crippen molar-refractivity contribution in [3.63, 3.8) is 0 Å². The van der Waals surface area contributed by atoms with Crippen LogP contribution in [0.5, 0.6) is 0 Å². The Morgan fingerprint density at radius 3 is 0.783 bits per heavy atom. The average Bonchev–Trinajstić information content (AvgIpc) is 0.902. The zero-order chi connectivity index (χ0) is 77.4. The van der Waals surface area contributed by atoms with Crippen LogP contribution in [0.3, 0.4) is 0 Å². The van der Waals surface area contributed by atoms with E-state index < -0.39 is 97.5 Å². The molecule has 0 amide bonds. The predicted octanol–water partition coefficient (Wildman–Crippen LogP) is 24.0. The molecule has 0 aromatic rings. The van der Waals surface area contributed by atoms with Gasteiger partial charge in [0.1, 0.15) is 19.3 Å². The van der Waals surface area contributed by atoms with Crippen molar-refractivity contribution >= 4 is 39.5 Å². The molecule has 17 nitrogen and oxygen atoms in total. The van der Waals surface area contributed by atoms with Crippen molar-refractivity contribution in [2.45, 2.75) is 329 Å². The maximum atomic E-state index is 13.1. The number of unbranched alkanes of at least 4 members (excludes halogenated alkanes) is 23. The minimum absolute atomic E-state index is 0.0573. The first-order valence-corrected chi connectivity index (χ1v) is 43.7. The summed E-state index contributed by atoms with van der Waals surface area (Å²) >= 11 is 0. The number of aliphatic hydroxyl groups is 1. The van der Waals surface area contributed by atoms with Gasteiger partial charge in [-0.05, 0) is 167 Å². The fraction of sp³-hybridized carbons (Fsp3) is 0.655. The number of hydrogen-bond donors (Lipinski definition) is 3. The Morgan fingerprint density at radius 1 is 0.274 bits per heavy atom. The molecule has 5 unspecified atom stereocenters. The highest BCUT2D eigenvalue weighted by Gasteiger charge is 2.30. The van der Waals surface area contributed by atoms with Crippen LogP contribution in [-0.4, -0.2) is 96.7 Å². The summed E-state index contributed by atoms with van der Waals surface area (Å²) in [5.41, 5.74) is 0. The lowest BCUT2D eigenvalue weighted by Crippen LogP contribution is -2.30. The maximum absolute atomic E-state index is 13.1. The molecule has 0 aromatic heterocycles. The number of ether oxygens (including phenoxy) is 4. The van der Waals surface area contributed by atoms with E-state index in [9.17, 15) is 43.2 Å². The van der Waals surface area contributed by atoms with Crippen LogP contribution in [0.1, 0.15) is 310 Å². The van der Waals surface area contributed by atoms with Crippen LogP contribution in [0.2, 0.25) is 0 Å². The molecule has 106 heavy (non-hydrogen) atoms. The summed E-state index contributed by atoms with van der Waals surface area (Å²) in [6.45, 7) is 4.43. The number of esters is 4. The van der Waals surface area contributed by atoms with Crippen LogP contribution in [-0.2, 0) is 65.4 Å². The summed E-state index contributed by atoms with van der Waals surface area (Å²) < 4.78 is 68.6. The lowest BCUT2D eigenvalue weighted by molar-refractivity contribution is -0.161. The highest BCUT2D eigenvalue weighted by atomic mass is 31.2. The van der Waals surface area contributed by atoms with Crippen molar-refractivity contribution in [2.24, 2.45) is 0 Å². The zero-order valence-corrected chi connectivity index (χ0v) is 67.8. The Bertz CT molecular complexity index is 2630. The van der Waals surface area contributed by atoms with E-state index in [1.165, 1.54) is 38.5 Å². The van der Waals surface area contributed by atoms with Crippen LogP contribution in [0.25, 0.3) is 0 Å². The van der Waals surface area contributed by atoms with Gasteiger partial charge < -0.3 is 33.8 Å². The zero-order valence-electron chi connectivity index (χ0n) is 66.1. The normalized spacial score (nSPS) is 14.7. The average molecular weight is 1520 g/mol. The molecule has 3 N–H and O–H groups in total. The number of phosphoric ester groups is 2. The van der Waals surface area contributed by atoms with Crippen molar-refractivity contribution in [3.05, 3.63) is 158 Å². The SMILES string of the molecule is CC/C=C\C/C=C\C/C=C\C/C=C\CCCCCCCCC(=O)OCC(COP(=O)(O)OCC(O)COP(=O)(O)OCC(COC(=O)CCCC/C=C\C/C=C\C/C=C\C/C=C\CC)OC(=O)CCCCCCC/C=C\CCCCCCCC)OC(=O)CCCCCC/C=C\C/C=C\C/C=C\C/C=C\CC. The van der Waals surface area contributed by atoms with Gasteiger partial charge in [0, 0.05) is 25.7 Å². The number of rotatable bonds is 75. The van der Waals surface area contributed by atoms with Gasteiger partial charge in [0.15, 0.2) is 12.2 Å². The van der Waals surface area contributed by atoms with Crippen molar-refractivity contribution in [2.75, 3.05) is 39.6 Å². The number of phosphoric acid groups is 2. The van der Waals surface area contributed by atoms with Crippen LogP contribution in [0.4, 0.5) is 0 Å². The Labute approximate surface area is 642 Å². The number of hydrogen-bond acceptors (Lipinski definition) is 15. The molecule has 604 valence electrons. The highest BCUT2D eigenvalue weighted by Crippen LogP contribution is 2.45. The van der Waals surface area contributed by atoms with Gasteiger partial charge in [0.05, 0.1) is 26.4 Å². The molecule has 0 saturated carbocycles. The Balaban J connectivity index is 5.45. The van der Waals surface area contributed by atoms with Gasteiger partial charge >= 0.3 is 39.5 Å². The maximum Gasteiger partial charge on any atom is 0.472 e. The third kappa shape index (κ3) is 76.9. The quantitative estimate of drug-likeness (QED) is 0.0169. The monoisotopic (exact) mass is 1520 g/mol. The van der Waals surface area contributed by atoms with E-state index in [-0.39, 0.29) is 25.7 Å². The van der Waals surface area contributed by atoms with Gasteiger partial charge in [-0.3, -0.25) is 37.3 Å². The second-order valence-corrected chi connectivity index (χ2v) is 29.5. The van der Waals surface area contributed by atoms with Crippen molar-refractivity contribution < 1.29 is 80.2 Å². The van der Waals surface area contributed by atoms with E-state index >= 15 is 0 Å². The molecule has 0 radical (unpaired) electrons.